The fourth-order valence-corrected chi connectivity index (χ4v) is 6.66. The summed E-state index contributed by atoms with van der Waals surface area (Å²) >= 11 is 0. The Morgan fingerprint density at radius 3 is 0.860 bits per heavy atom. The van der Waals surface area contributed by atoms with Crippen molar-refractivity contribution in [3.63, 3.8) is 0 Å². The zero-order valence-electron chi connectivity index (χ0n) is 29.4. The standard InChI is InChI=1S/C48H44N2/c1-35-10-22-42(23-11-35)49(43-24-12-36(2)13-25-43)46-30-18-40(19-31-46)48(34-39-8-6-5-7-9-39)41-20-32-47(33-21-41)50(44-26-14-37(3)15-27-44)45-28-16-38(4)17-29-45/h5-33,48H,34H2,1-4H3. The Balaban J connectivity index is 1.25. The molecule has 0 atom stereocenters. The Hall–Kier alpha value is -5.86. The third kappa shape index (κ3) is 7.41. The molecular formula is C48H44N2. The number of hydrogen-bond donors (Lipinski definition) is 0. The van der Waals surface area contributed by atoms with Gasteiger partial charge in [-0.15, -0.1) is 0 Å². The van der Waals surface area contributed by atoms with Crippen LogP contribution in [0.4, 0.5) is 34.1 Å². The van der Waals surface area contributed by atoms with Gasteiger partial charge in [0.1, 0.15) is 0 Å². The topological polar surface area (TPSA) is 6.48 Å². The van der Waals surface area contributed by atoms with Crippen molar-refractivity contribution in [1.29, 1.82) is 0 Å². The molecule has 0 amide bonds. The van der Waals surface area contributed by atoms with Gasteiger partial charge in [-0.3, -0.25) is 0 Å². The molecule has 0 aliphatic rings. The Morgan fingerprint density at radius 1 is 0.320 bits per heavy atom. The van der Waals surface area contributed by atoms with E-state index >= 15 is 0 Å². The van der Waals surface area contributed by atoms with Crippen LogP contribution in [0, 0.1) is 27.7 Å². The van der Waals surface area contributed by atoms with Gasteiger partial charge in [0.15, 0.2) is 0 Å². The average molecular weight is 649 g/mol. The molecule has 7 rings (SSSR count). The van der Waals surface area contributed by atoms with Crippen LogP contribution in [-0.2, 0) is 6.42 Å². The number of hydrogen-bond acceptors (Lipinski definition) is 2. The zero-order valence-corrected chi connectivity index (χ0v) is 29.4. The van der Waals surface area contributed by atoms with E-state index in [0.717, 1.165) is 40.5 Å². The molecule has 0 spiro atoms. The lowest BCUT2D eigenvalue weighted by Gasteiger charge is -2.27. The first-order valence-electron chi connectivity index (χ1n) is 17.5. The van der Waals surface area contributed by atoms with Gasteiger partial charge in [-0.25, -0.2) is 0 Å². The summed E-state index contributed by atoms with van der Waals surface area (Å²) in [5.74, 6) is 0.194. The van der Waals surface area contributed by atoms with Gasteiger partial charge in [0.05, 0.1) is 0 Å². The number of aryl methyl sites for hydroxylation is 4. The van der Waals surface area contributed by atoms with Crippen molar-refractivity contribution in [3.05, 3.63) is 215 Å². The van der Waals surface area contributed by atoms with E-state index in [-0.39, 0.29) is 5.92 Å². The lowest BCUT2D eigenvalue weighted by molar-refractivity contribution is 0.805. The second-order valence-electron chi connectivity index (χ2n) is 13.4. The molecule has 0 unspecified atom stereocenters. The molecule has 0 saturated carbocycles. The molecule has 2 nitrogen and oxygen atoms in total. The predicted octanol–water partition coefficient (Wildman–Crippen LogP) is 13.2. The Bertz CT molecular complexity index is 1880. The van der Waals surface area contributed by atoms with Gasteiger partial charge >= 0.3 is 0 Å². The van der Waals surface area contributed by atoms with Crippen molar-refractivity contribution in [2.75, 3.05) is 9.80 Å². The Labute approximate surface area is 297 Å². The van der Waals surface area contributed by atoms with Crippen LogP contribution in [0.15, 0.2) is 176 Å². The van der Waals surface area contributed by atoms with Crippen LogP contribution in [0.1, 0.15) is 44.9 Å². The van der Waals surface area contributed by atoms with Gasteiger partial charge in [-0.05, 0) is 124 Å². The maximum atomic E-state index is 2.34. The summed E-state index contributed by atoms with van der Waals surface area (Å²) in [5, 5.41) is 0. The maximum absolute atomic E-state index is 2.34. The molecular weight excluding hydrogens is 605 g/mol. The number of benzene rings is 7. The van der Waals surface area contributed by atoms with E-state index in [9.17, 15) is 0 Å². The fraction of sp³-hybridized carbons (Fsp3) is 0.125. The smallest absolute Gasteiger partial charge is 0.0461 e. The van der Waals surface area contributed by atoms with E-state index in [1.54, 1.807) is 0 Å². The molecule has 50 heavy (non-hydrogen) atoms. The predicted molar refractivity (Wildman–Crippen MR) is 213 cm³/mol. The highest BCUT2D eigenvalue weighted by Crippen LogP contribution is 2.39. The summed E-state index contributed by atoms with van der Waals surface area (Å²) in [6.07, 6.45) is 0.915. The normalized spacial score (nSPS) is 11.1. The first kappa shape index (κ1) is 32.7. The number of rotatable bonds is 10. The maximum Gasteiger partial charge on any atom is 0.0461 e. The number of anilines is 6. The molecule has 0 bridgehead atoms. The van der Waals surface area contributed by atoms with Crippen LogP contribution < -0.4 is 9.80 Å². The van der Waals surface area contributed by atoms with E-state index < -0.39 is 0 Å². The first-order chi connectivity index (χ1) is 24.4. The van der Waals surface area contributed by atoms with Gasteiger partial charge in [0.2, 0.25) is 0 Å². The molecule has 0 radical (unpaired) electrons. The largest absolute Gasteiger partial charge is 0.311 e. The summed E-state index contributed by atoms with van der Waals surface area (Å²) in [6.45, 7) is 8.54. The summed E-state index contributed by atoms with van der Waals surface area (Å²) in [4.78, 5) is 4.68. The van der Waals surface area contributed by atoms with Crippen LogP contribution in [0.25, 0.3) is 0 Å². The number of nitrogens with zero attached hydrogens (tertiary/aromatic N) is 2. The molecule has 0 aliphatic heterocycles. The molecule has 246 valence electrons. The third-order valence-corrected chi connectivity index (χ3v) is 9.56. The summed E-state index contributed by atoms with van der Waals surface area (Å²) in [5.41, 5.74) is 15.8. The quantitative estimate of drug-likeness (QED) is 0.146. The van der Waals surface area contributed by atoms with Crippen LogP contribution >= 0.6 is 0 Å². The van der Waals surface area contributed by atoms with Crippen molar-refractivity contribution in [2.24, 2.45) is 0 Å². The minimum absolute atomic E-state index is 0.194. The monoisotopic (exact) mass is 648 g/mol. The molecule has 0 fully saturated rings. The van der Waals surface area contributed by atoms with Gasteiger partial charge < -0.3 is 9.80 Å². The SMILES string of the molecule is Cc1ccc(N(c2ccc(C)cc2)c2ccc(C(Cc3ccccc3)c3ccc(N(c4ccc(C)cc4)c4ccc(C)cc4)cc3)cc2)cc1. The summed E-state index contributed by atoms with van der Waals surface area (Å²) in [7, 11) is 0. The van der Waals surface area contributed by atoms with Crippen molar-refractivity contribution in [1.82, 2.24) is 0 Å². The Kier molecular flexibility index (Phi) is 9.62. The van der Waals surface area contributed by atoms with Crippen LogP contribution in [0.2, 0.25) is 0 Å². The van der Waals surface area contributed by atoms with E-state index in [1.807, 2.05) is 0 Å². The molecule has 0 aromatic heterocycles. The fourth-order valence-electron chi connectivity index (χ4n) is 6.66. The Morgan fingerprint density at radius 2 is 0.580 bits per heavy atom. The molecule has 7 aromatic rings. The molecule has 0 aliphatic carbocycles. The highest BCUT2D eigenvalue weighted by atomic mass is 15.1. The van der Waals surface area contributed by atoms with E-state index in [0.29, 0.717) is 0 Å². The highest BCUT2D eigenvalue weighted by Gasteiger charge is 2.19. The lowest BCUT2D eigenvalue weighted by atomic mass is 9.85. The molecule has 0 heterocycles. The molecule has 7 aromatic carbocycles. The van der Waals surface area contributed by atoms with Crippen LogP contribution in [0.5, 0.6) is 0 Å². The second kappa shape index (κ2) is 14.7. The minimum Gasteiger partial charge on any atom is -0.311 e. The van der Waals surface area contributed by atoms with Crippen molar-refractivity contribution >= 4 is 34.1 Å². The van der Waals surface area contributed by atoms with E-state index in [1.165, 1.54) is 38.9 Å². The van der Waals surface area contributed by atoms with E-state index in [4.69, 9.17) is 0 Å². The average Bonchev–Trinajstić information content (AvgIpc) is 3.15. The van der Waals surface area contributed by atoms with Gasteiger partial charge in [-0.2, -0.15) is 0 Å². The van der Waals surface area contributed by atoms with Crippen LogP contribution in [0.3, 0.4) is 0 Å². The molecule has 0 saturated heterocycles. The molecule has 0 N–H and O–H groups in total. The van der Waals surface area contributed by atoms with Gasteiger partial charge in [-0.1, -0.05) is 125 Å². The molecule has 2 heteroatoms. The zero-order chi connectivity index (χ0) is 34.5. The van der Waals surface area contributed by atoms with Crippen LogP contribution in [-0.4, -0.2) is 0 Å². The van der Waals surface area contributed by atoms with Gasteiger partial charge in [0, 0.05) is 40.0 Å². The highest BCUT2D eigenvalue weighted by molar-refractivity contribution is 5.78. The van der Waals surface area contributed by atoms with E-state index in [2.05, 4.69) is 213 Å². The van der Waals surface area contributed by atoms with Crippen molar-refractivity contribution < 1.29 is 0 Å². The lowest BCUT2D eigenvalue weighted by Crippen LogP contribution is -2.11. The van der Waals surface area contributed by atoms with Gasteiger partial charge in [0.25, 0.3) is 0 Å². The minimum atomic E-state index is 0.194. The second-order valence-corrected chi connectivity index (χ2v) is 13.4. The summed E-state index contributed by atoms with van der Waals surface area (Å²) in [6, 6.07) is 64.4. The summed E-state index contributed by atoms with van der Waals surface area (Å²) < 4.78 is 0. The van der Waals surface area contributed by atoms with Crippen molar-refractivity contribution in [2.45, 2.75) is 40.0 Å². The third-order valence-electron chi connectivity index (χ3n) is 9.56. The first-order valence-corrected chi connectivity index (χ1v) is 17.5. The van der Waals surface area contributed by atoms with Crippen molar-refractivity contribution in [3.8, 4) is 0 Å².